The van der Waals surface area contributed by atoms with E-state index in [0.29, 0.717) is 21.7 Å². The fraction of sp³-hybridized carbons (Fsp3) is 0.0769. The maximum atomic E-state index is 13.8. The molecule has 1 aromatic heterocycles. The SMILES string of the molecule is Cc1cc(Cl)c2cc(/C=C/C(=O)O)cc(F)c2n1. The number of aromatic nitrogens is 1. The van der Waals surface area contributed by atoms with E-state index in [1.807, 2.05) is 0 Å². The first-order chi connectivity index (χ1) is 8.47. The predicted molar refractivity (Wildman–Crippen MR) is 68.1 cm³/mol. The van der Waals surface area contributed by atoms with Crippen LogP contribution < -0.4 is 0 Å². The molecule has 0 radical (unpaired) electrons. The van der Waals surface area contributed by atoms with Crippen molar-refractivity contribution in [2.24, 2.45) is 0 Å². The van der Waals surface area contributed by atoms with E-state index in [9.17, 15) is 9.18 Å². The summed E-state index contributed by atoms with van der Waals surface area (Å²) < 4.78 is 13.8. The van der Waals surface area contributed by atoms with Crippen LogP contribution in [0.15, 0.2) is 24.3 Å². The van der Waals surface area contributed by atoms with Gasteiger partial charge in [0.25, 0.3) is 0 Å². The zero-order valence-electron chi connectivity index (χ0n) is 9.45. The Morgan fingerprint density at radius 1 is 1.44 bits per heavy atom. The summed E-state index contributed by atoms with van der Waals surface area (Å²) in [6.45, 7) is 1.73. The third-order valence-electron chi connectivity index (χ3n) is 2.39. The Morgan fingerprint density at radius 3 is 2.83 bits per heavy atom. The zero-order valence-corrected chi connectivity index (χ0v) is 10.2. The monoisotopic (exact) mass is 265 g/mol. The number of fused-ring (bicyclic) bond motifs is 1. The van der Waals surface area contributed by atoms with Crippen LogP contribution in [0.5, 0.6) is 0 Å². The van der Waals surface area contributed by atoms with Crippen molar-refractivity contribution in [1.29, 1.82) is 0 Å². The minimum absolute atomic E-state index is 0.187. The highest BCUT2D eigenvalue weighted by Crippen LogP contribution is 2.26. The van der Waals surface area contributed by atoms with Crippen molar-refractivity contribution in [2.75, 3.05) is 0 Å². The van der Waals surface area contributed by atoms with Crippen molar-refractivity contribution in [2.45, 2.75) is 6.92 Å². The van der Waals surface area contributed by atoms with Gasteiger partial charge < -0.3 is 5.11 Å². The van der Waals surface area contributed by atoms with Gasteiger partial charge in [-0.3, -0.25) is 0 Å². The van der Waals surface area contributed by atoms with Crippen LogP contribution in [0.25, 0.3) is 17.0 Å². The van der Waals surface area contributed by atoms with Crippen LogP contribution in [0.3, 0.4) is 0 Å². The molecule has 3 nitrogen and oxygen atoms in total. The topological polar surface area (TPSA) is 50.2 Å². The fourth-order valence-electron chi connectivity index (χ4n) is 1.65. The van der Waals surface area contributed by atoms with Gasteiger partial charge in [-0.1, -0.05) is 11.6 Å². The van der Waals surface area contributed by atoms with Crippen molar-refractivity contribution >= 4 is 34.5 Å². The van der Waals surface area contributed by atoms with E-state index in [4.69, 9.17) is 16.7 Å². The molecule has 0 aliphatic carbocycles. The lowest BCUT2D eigenvalue weighted by molar-refractivity contribution is -0.131. The van der Waals surface area contributed by atoms with Crippen LogP contribution in [0.4, 0.5) is 4.39 Å². The summed E-state index contributed by atoms with van der Waals surface area (Å²) in [5, 5.41) is 9.39. The van der Waals surface area contributed by atoms with E-state index in [1.54, 1.807) is 19.1 Å². The molecule has 18 heavy (non-hydrogen) atoms. The molecule has 92 valence electrons. The zero-order chi connectivity index (χ0) is 13.3. The summed E-state index contributed by atoms with van der Waals surface area (Å²) in [6.07, 6.45) is 2.25. The molecule has 0 bridgehead atoms. The maximum Gasteiger partial charge on any atom is 0.328 e. The van der Waals surface area contributed by atoms with Crippen LogP contribution >= 0.6 is 11.6 Å². The molecule has 0 aliphatic heterocycles. The third kappa shape index (κ3) is 2.49. The average molecular weight is 266 g/mol. The summed E-state index contributed by atoms with van der Waals surface area (Å²) in [6, 6.07) is 4.46. The molecule has 0 fully saturated rings. The average Bonchev–Trinajstić information content (AvgIpc) is 2.28. The highest BCUT2D eigenvalue weighted by atomic mass is 35.5. The van der Waals surface area contributed by atoms with Crippen LogP contribution in [-0.4, -0.2) is 16.1 Å². The molecule has 0 spiro atoms. The molecule has 2 aromatic rings. The summed E-state index contributed by atoms with van der Waals surface area (Å²) >= 11 is 6.02. The van der Waals surface area contributed by atoms with Crippen LogP contribution in [0.2, 0.25) is 5.02 Å². The van der Waals surface area contributed by atoms with E-state index < -0.39 is 11.8 Å². The van der Waals surface area contributed by atoms with Gasteiger partial charge >= 0.3 is 5.97 Å². The first-order valence-electron chi connectivity index (χ1n) is 5.15. The van der Waals surface area contributed by atoms with Crippen molar-refractivity contribution in [3.8, 4) is 0 Å². The number of aliphatic carboxylic acids is 1. The van der Waals surface area contributed by atoms with E-state index in [2.05, 4.69) is 4.98 Å². The molecule has 0 saturated carbocycles. The van der Waals surface area contributed by atoms with Gasteiger partial charge in [0.05, 0.1) is 5.02 Å². The number of carbonyl (C=O) groups is 1. The number of pyridine rings is 1. The normalized spacial score (nSPS) is 11.3. The number of aryl methyl sites for hydroxylation is 1. The van der Waals surface area contributed by atoms with Gasteiger partial charge in [0.15, 0.2) is 0 Å². The lowest BCUT2D eigenvalue weighted by atomic mass is 10.1. The number of rotatable bonds is 2. The largest absolute Gasteiger partial charge is 0.478 e. The molecule has 0 amide bonds. The van der Waals surface area contributed by atoms with E-state index >= 15 is 0 Å². The number of benzene rings is 1. The standard InChI is InChI=1S/C13H9ClFNO2/c1-7-4-10(14)9-5-8(2-3-12(17)18)6-11(15)13(9)16-7/h2-6H,1H3,(H,17,18)/b3-2+. The summed E-state index contributed by atoms with van der Waals surface area (Å²) in [4.78, 5) is 14.5. The van der Waals surface area contributed by atoms with Gasteiger partial charge in [0, 0.05) is 17.2 Å². The minimum Gasteiger partial charge on any atom is -0.478 e. The number of carboxylic acids is 1. The van der Waals surface area contributed by atoms with Crippen LogP contribution in [0.1, 0.15) is 11.3 Å². The van der Waals surface area contributed by atoms with Gasteiger partial charge in [-0.15, -0.1) is 0 Å². The molecule has 1 heterocycles. The van der Waals surface area contributed by atoms with Crippen molar-refractivity contribution in [3.63, 3.8) is 0 Å². The Morgan fingerprint density at radius 2 is 2.17 bits per heavy atom. The van der Waals surface area contributed by atoms with E-state index in [-0.39, 0.29) is 5.52 Å². The second kappa shape index (κ2) is 4.74. The lowest BCUT2D eigenvalue weighted by Crippen LogP contribution is -1.91. The first kappa shape index (κ1) is 12.5. The molecule has 0 unspecified atom stereocenters. The smallest absolute Gasteiger partial charge is 0.328 e. The summed E-state index contributed by atoms with van der Waals surface area (Å²) in [7, 11) is 0. The van der Waals surface area contributed by atoms with Gasteiger partial charge in [-0.05, 0) is 36.8 Å². The second-order valence-corrected chi connectivity index (χ2v) is 4.22. The Labute approximate surface area is 108 Å². The molecule has 2 rings (SSSR count). The van der Waals surface area contributed by atoms with Crippen molar-refractivity contribution in [1.82, 2.24) is 4.98 Å². The van der Waals surface area contributed by atoms with Crippen molar-refractivity contribution in [3.05, 3.63) is 46.4 Å². The quantitative estimate of drug-likeness (QED) is 0.847. The summed E-state index contributed by atoms with van der Waals surface area (Å²) in [5.74, 6) is -1.62. The van der Waals surface area contributed by atoms with Crippen LogP contribution in [0, 0.1) is 12.7 Å². The lowest BCUT2D eigenvalue weighted by Gasteiger charge is -2.04. The number of hydrogen-bond acceptors (Lipinski definition) is 2. The predicted octanol–water partition coefficient (Wildman–Crippen LogP) is 3.43. The van der Waals surface area contributed by atoms with Gasteiger partial charge in [-0.2, -0.15) is 0 Å². The summed E-state index contributed by atoms with van der Waals surface area (Å²) in [5.41, 5.74) is 1.24. The van der Waals surface area contributed by atoms with E-state index in [1.165, 1.54) is 12.1 Å². The fourth-order valence-corrected chi connectivity index (χ4v) is 1.95. The number of nitrogens with zero attached hydrogens (tertiary/aromatic N) is 1. The third-order valence-corrected chi connectivity index (χ3v) is 2.70. The van der Waals surface area contributed by atoms with Gasteiger partial charge in [0.1, 0.15) is 11.3 Å². The minimum atomic E-state index is -1.09. The Kier molecular flexibility index (Phi) is 3.30. The molecular weight excluding hydrogens is 257 g/mol. The Bertz CT molecular complexity index is 668. The molecule has 0 atom stereocenters. The molecule has 0 aliphatic rings. The molecule has 1 N–H and O–H groups in total. The maximum absolute atomic E-state index is 13.8. The Balaban J connectivity index is 2.65. The molecule has 5 heteroatoms. The highest BCUT2D eigenvalue weighted by Gasteiger charge is 2.08. The second-order valence-electron chi connectivity index (χ2n) is 3.82. The van der Waals surface area contributed by atoms with Gasteiger partial charge in [-0.25, -0.2) is 14.2 Å². The van der Waals surface area contributed by atoms with Crippen molar-refractivity contribution < 1.29 is 14.3 Å². The van der Waals surface area contributed by atoms with Gasteiger partial charge in [0.2, 0.25) is 0 Å². The first-order valence-corrected chi connectivity index (χ1v) is 5.52. The molecular formula is C13H9ClFNO2. The highest BCUT2D eigenvalue weighted by molar-refractivity contribution is 6.35. The molecule has 0 saturated heterocycles. The number of halogens is 2. The van der Waals surface area contributed by atoms with Crippen LogP contribution in [-0.2, 0) is 4.79 Å². The number of hydrogen-bond donors (Lipinski definition) is 1. The van der Waals surface area contributed by atoms with E-state index in [0.717, 1.165) is 6.08 Å². The molecule has 1 aromatic carbocycles. The Hall–Kier alpha value is -1.94. The number of carboxylic acid groups (broad SMARTS) is 1.